The maximum absolute atomic E-state index is 14.1. The number of aliphatic carboxylic acids is 1. The van der Waals surface area contributed by atoms with Gasteiger partial charge in [0.2, 0.25) is 0 Å². The highest BCUT2D eigenvalue weighted by Gasteiger charge is 2.64. The minimum absolute atomic E-state index is 0.00436. The monoisotopic (exact) mass is 995 g/mol. The van der Waals surface area contributed by atoms with Gasteiger partial charge in [-0.05, 0) is 142 Å². The zero-order valence-electron chi connectivity index (χ0n) is 43.1. The minimum atomic E-state index is -1.26. The van der Waals surface area contributed by atoms with Crippen LogP contribution in [0.1, 0.15) is 126 Å². The number of carboxylic acid groups (broad SMARTS) is 1. The number of nitrogens with one attached hydrogen (secondary N) is 3. The first-order valence-corrected chi connectivity index (χ1v) is 27.8. The van der Waals surface area contributed by atoms with E-state index in [1.54, 1.807) is 6.07 Å². The van der Waals surface area contributed by atoms with Gasteiger partial charge >= 0.3 is 5.97 Å². The molecule has 9 rings (SSSR count). The molecule has 3 aromatic carbocycles. The average Bonchev–Trinajstić information content (AvgIpc) is 3.94. The molecule has 0 saturated heterocycles. The first-order valence-electron chi connectivity index (χ1n) is 27.8. The summed E-state index contributed by atoms with van der Waals surface area (Å²) in [5, 5.41) is 78.8. The topological polar surface area (TPSA) is 204 Å². The molecule has 3 saturated carbocycles. The van der Waals surface area contributed by atoms with Gasteiger partial charge in [-0.3, -0.25) is 4.79 Å². The van der Waals surface area contributed by atoms with E-state index >= 15 is 0 Å². The fourth-order valence-electron chi connectivity index (χ4n) is 14.9. The molecule has 13 atom stereocenters. The van der Waals surface area contributed by atoms with Crippen molar-refractivity contribution < 1.29 is 35.4 Å². The maximum Gasteiger partial charge on any atom is 0.309 e. The SMILES string of the molecule is CCCCC[C@H]1C=C[C@@H](CCCC[C@H]2CC[C@H](c3cc(-c4ccccc4)c(-c4cc(O)cc(O)c4Cc4ccccc4)[nH]3)[C@@H]3C[C@@H](CC4=CCNC(N)=C4)[C@H]4CC[C@H]([C@H](O)[C@H]2C(=O)O)[C@@H](CNC)[C@]43O)[C@H](O)C1. The Balaban J connectivity index is 1.13. The summed E-state index contributed by atoms with van der Waals surface area (Å²) in [7, 11) is 1.89. The Kier molecular flexibility index (Phi) is 16.9. The molecule has 5 aliphatic rings. The van der Waals surface area contributed by atoms with E-state index in [2.05, 4.69) is 59.0 Å². The van der Waals surface area contributed by atoms with Crippen molar-refractivity contribution in [1.29, 1.82) is 0 Å². The number of dihydropyridines is 1. The fourth-order valence-corrected chi connectivity index (χ4v) is 14.9. The number of phenolic OH excluding ortho intramolecular Hbond substituents is 2. The number of hydrogen-bond acceptors (Lipinski definition) is 9. The third-order valence-corrected chi connectivity index (χ3v) is 18.3. The molecule has 4 aromatic rings. The number of hydrogen-bond donors (Lipinski definition) is 10. The molecule has 2 heterocycles. The number of aliphatic hydroxyl groups is 3. The van der Waals surface area contributed by atoms with Gasteiger partial charge in [-0.1, -0.05) is 118 Å². The lowest BCUT2D eigenvalue weighted by molar-refractivity contribution is -0.177. The summed E-state index contributed by atoms with van der Waals surface area (Å²) in [5.41, 5.74) is 12.1. The molecule has 4 aliphatic carbocycles. The third-order valence-electron chi connectivity index (χ3n) is 18.3. The molecule has 1 aliphatic heterocycles. The number of rotatable bonds is 19. The summed E-state index contributed by atoms with van der Waals surface area (Å²) in [6, 6.07) is 25.5. The molecule has 11 nitrogen and oxygen atoms in total. The maximum atomic E-state index is 14.1. The highest BCUT2D eigenvalue weighted by Crippen LogP contribution is 2.63. The first-order chi connectivity index (χ1) is 35.4. The van der Waals surface area contributed by atoms with Crippen LogP contribution in [-0.4, -0.2) is 79.5 Å². The molecular formula is C62H82N4O7. The Labute approximate surface area is 433 Å². The van der Waals surface area contributed by atoms with Crippen molar-refractivity contribution in [1.82, 2.24) is 15.6 Å². The molecule has 0 unspecified atom stereocenters. The second-order valence-electron chi connectivity index (χ2n) is 22.7. The lowest BCUT2D eigenvalue weighted by atomic mass is 9.55. The van der Waals surface area contributed by atoms with E-state index in [0.717, 1.165) is 78.6 Å². The Bertz CT molecular complexity index is 2570. The van der Waals surface area contributed by atoms with Crippen molar-refractivity contribution >= 4 is 5.97 Å². The summed E-state index contributed by atoms with van der Waals surface area (Å²) in [5.74, 6) is -2.67. The van der Waals surface area contributed by atoms with E-state index < -0.39 is 35.4 Å². The number of aliphatic hydroxyl groups excluding tert-OH is 2. The number of aromatic nitrogens is 1. The number of benzene rings is 3. The highest BCUT2D eigenvalue weighted by molar-refractivity contribution is 5.85. The Morgan fingerprint density at radius 2 is 1.59 bits per heavy atom. The second kappa shape index (κ2) is 23.5. The average molecular weight is 995 g/mol. The Hall–Kier alpha value is -5.33. The summed E-state index contributed by atoms with van der Waals surface area (Å²) >= 11 is 0. The number of allylic oxidation sites excluding steroid dienone is 3. The normalized spacial score (nSPS) is 31.1. The van der Waals surface area contributed by atoms with Crippen LogP contribution in [0.4, 0.5) is 0 Å². The predicted molar refractivity (Wildman–Crippen MR) is 289 cm³/mol. The van der Waals surface area contributed by atoms with Crippen molar-refractivity contribution in [2.75, 3.05) is 20.1 Å². The molecule has 392 valence electrons. The number of unbranched alkanes of at least 4 members (excludes halogenated alkanes) is 3. The molecule has 0 spiro atoms. The van der Waals surface area contributed by atoms with Crippen LogP contribution in [0.15, 0.2) is 115 Å². The summed E-state index contributed by atoms with van der Waals surface area (Å²) in [6.07, 6.45) is 20.1. The molecule has 0 radical (unpaired) electrons. The van der Waals surface area contributed by atoms with Gasteiger partial charge in [0.1, 0.15) is 11.5 Å². The number of carboxylic acids is 1. The first kappa shape index (κ1) is 52.5. The number of aromatic amines is 1. The van der Waals surface area contributed by atoms with Crippen LogP contribution >= 0.6 is 0 Å². The molecule has 3 fully saturated rings. The number of phenols is 2. The van der Waals surface area contributed by atoms with E-state index in [1.807, 2.05) is 61.7 Å². The van der Waals surface area contributed by atoms with Gasteiger partial charge in [-0.2, -0.15) is 0 Å². The van der Waals surface area contributed by atoms with Crippen LogP contribution in [0.2, 0.25) is 0 Å². The zero-order valence-corrected chi connectivity index (χ0v) is 43.1. The molecule has 11 N–H and O–H groups in total. The fraction of sp³-hybridized carbons (Fsp3) is 0.532. The van der Waals surface area contributed by atoms with Crippen LogP contribution in [-0.2, 0) is 11.2 Å². The summed E-state index contributed by atoms with van der Waals surface area (Å²) < 4.78 is 0. The molecule has 11 heteroatoms. The second-order valence-corrected chi connectivity index (χ2v) is 22.7. The highest BCUT2D eigenvalue weighted by atomic mass is 16.4. The van der Waals surface area contributed by atoms with Crippen molar-refractivity contribution in [3.05, 3.63) is 131 Å². The third kappa shape index (κ3) is 11.4. The quantitative estimate of drug-likeness (QED) is 0.0318. The van der Waals surface area contributed by atoms with E-state index in [4.69, 9.17) is 5.73 Å². The van der Waals surface area contributed by atoms with Crippen molar-refractivity contribution in [2.24, 2.45) is 59.0 Å². The van der Waals surface area contributed by atoms with E-state index in [0.29, 0.717) is 74.5 Å². The zero-order chi connectivity index (χ0) is 51.2. The van der Waals surface area contributed by atoms with Crippen molar-refractivity contribution in [3.63, 3.8) is 0 Å². The van der Waals surface area contributed by atoms with Gasteiger partial charge in [0.25, 0.3) is 0 Å². The van der Waals surface area contributed by atoms with Crippen LogP contribution in [0.3, 0.4) is 0 Å². The number of nitrogens with two attached hydrogens (primary N) is 1. The Morgan fingerprint density at radius 3 is 2.32 bits per heavy atom. The lowest BCUT2D eigenvalue weighted by Gasteiger charge is -2.54. The van der Waals surface area contributed by atoms with E-state index in [-0.39, 0.29) is 53.1 Å². The number of fused-ring (bicyclic) bond motifs is 1. The largest absolute Gasteiger partial charge is 0.508 e. The van der Waals surface area contributed by atoms with Gasteiger partial charge in [0.15, 0.2) is 0 Å². The number of aromatic hydroxyl groups is 2. The van der Waals surface area contributed by atoms with Gasteiger partial charge in [0.05, 0.1) is 35.2 Å². The standard InChI is InChI=1S/C62H82N4O7/c1-3-4-7-14-39-21-22-42(55(68)31-39)19-12-13-20-43-23-24-46(54-36-48(41-17-10-6-11-18-41)59(66-54)50-34-45(67)35-56(69)49(50)30-38-15-8-5-9-16-38)52-33-44(29-40-27-28-65-57(63)32-40)51-26-25-47(60(70)58(43)61(71)72)53(37-64-2)62(51,52)73/h5-6,8-11,15-18,21-22,27,32,34-36,39,42-44,46-47,51-53,55,58,60,64-70,73H,3-4,7,12-14,19-20,23-26,28-31,33,37,63H2,1-2H3,(H,71,72)/t39-,42+,43-,44+,46-,47-,51+,52-,53+,55+,58-,60-,62-/m0/s1. The van der Waals surface area contributed by atoms with Crippen LogP contribution in [0.25, 0.3) is 22.4 Å². The van der Waals surface area contributed by atoms with Crippen molar-refractivity contribution in [3.8, 4) is 33.9 Å². The predicted octanol–water partition coefficient (Wildman–Crippen LogP) is 10.5. The molecular weight excluding hydrogens is 913 g/mol. The van der Waals surface area contributed by atoms with Gasteiger partial charge in [-0.25, -0.2) is 0 Å². The summed E-state index contributed by atoms with van der Waals surface area (Å²) in [4.78, 5) is 17.7. The Morgan fingerprint density at radius 1 is 0.836 bits per heavy atom. The van der Waals surface area contributed by atoms with Crippen LogP contribution in [0.5, 0.6) is 11.5 Å². The number of carbonyl (C=O) groups is 1. The lowest BCUT2D eigenvalue weighted by Crippen LogP contribution is -2.61. The molecule has 0 amide bonds. The molecule has 2 bridgehead atoms. The van der Waals surface area contributed by atoms with E-state index in [9.17, 15) is 35.4 Å². The number of H-pyrrole nitrogens is 1. The molecule has 73 heavy (non-hydrogen) atoms. The van der Waals surface area contributed by atoms with Crippen molar-refractivity contribution in [2.45, 2.75) is 133 Å². The van der Waals surface area contributed by atoms with E-state index in [1.165, 1.54) is 25.3 Å². The van der Waals surface area contributed by atoms with Gasteiger partial charge in [-0.15, -0.1) is 0 Å². The van der Waals surface area contributed by atoms with Crippen LogP contribution < -0.4 is 16.4 Å². The smallest absolute Gasteiger partial charge is 0.309 e. The van der Waals surface area contributed by atoms with Crippen LogP contribution in [0, 0.1) is 53.3 Å². The molecule has 1 aromatic heterocycles. The van der Waals surface area contributed by atoms with Gasteiger partial charge in [0, 0.05) is 65.7 Å². The van der Waals surface area contributed by atoms with Gasteiger partial charge < -0.3 is 52.0 Å². The minimum Gasteiger partial charge on any atom is -0.508 e. The summed E-state index contributed by atoms with van der Waals surface area (Å²) in [6.45, 7) is 3.28.